The van der Waals surface area contributed by atoms with Gasteiger partial charge in [-0.3, -0.25) is 0 Å². The van der Waals surface area contributed by atoms with Gasteiger partial charge in [0.1, 0.15) is 0 Å². The Hall–Kier alpha value is -1.44. The number of para-hydroxylation sites is 1. The zero-order valence-electron chi connectivity index (χ0n) is 10.3. The molecule has 1 aliphatic heterocycles. The summed E-state index contributed by atoms with van der Waals surface area (Å²) in [5, 5.41) is 0. The molecule has 0 aromatic heterocycles. The summed E-state index contributed by atoms with van der Waals surface area (Å²) in [5.41, 5.74) is 1.26. The number of fused-ring (bicyclic) bond motifs is 1. The topological polar surface area (TPSA) is 18.5 Å². The first-order valence-electron chi connectivity index (χ1n) is 5.58. The largest absolute Gasteiger partial charge is 0.493 e. The first-order chi connectivity index (χ1) is 7.72. The van der Waals surface area contributed by atoms with Crippen molar-refractivity contribution in [3.63, 3.8) is 0 Å². The summed E-state index contributed by atoms with van der Waals surface area (Å²) >= 11 is 0. The van der Waals surface area contributed by atoms with Crippen molar-refractivity contribution in [3.8, 4) is 11.5 Å². The third-order valence-corrected chi connectivity index (χ3v) is 2.36. The van der Waals surface area contributed by atoms with E-state index < -0.39 is 0 Å². The molecule has 0 spiro atoms. The molecule has 0 saturated heterocycles. The maximum absolute atomic E-state index is 5.63. The molecule has 2 heteroatoms. The second kappa shape index (κ2) is 6.21. The molecular weight excluding hydrogens is 200 g/mol. The maximum Gasteiger partial charge on any atom is 0.164 e. The van der Waals surface area contributed by atoms with E-state index in [0.717, 1.165) is 24.5 Å². The van der Waals surface area contributed by atoms with Gasteiger partial charge in [0, 0.05) is 0 Å². The van der Waals surface area contributed by atoms with Crippen molar-refractivity contribution in [3.05, 3.63) is 36.4 Å². The summed E-state index contributed by atoms with van der Waals surface area (Å²) in [5.74, 6) is 2.40. The molecule has 16 heavy (non-hydrogen) atoms. The van der Waals surface area contributed by atoms with Gasteiger partial charge in [-0.15, -0.1) is 6.58 Å². The Kier molecular flexibility index (Phi) is 4.90. The minimum atomic E-state index is 0.611. The van der Waals surface area contributed by atoms with Gasteiger partial charge in [-0.1, -0.05) is 25.1 Å². The fourth-order valence-corrected chi connectivity index (χ4v) is 1.71. The van der Waals surface area contributed by atoms with E-state index in [9.17, 15) is 0 Å². The zero-order chi connectivity index (χ0) is 12.0. The molecule has 0 aliphatic carbocycles. The lowest BCUT2D eigenvalue weighted by Crippen LogP contribution is -2.18. The minimum absolute atomic E-state index is 0.611. The molecule has 0 fully saturated rings. The summed E-state index contributed by atoms with van der Waals surface area (Å²) in [6.07, 6.45) is 2.84. The van der Waals surface area contributed by atoms with Gasteiger partial charge >= 0.3 is 0 Å². The predicted molar refractivity (Wildman–Crippen MR) is 67.2 cm³/mol. The normalized spacial score (nSPS) is 17.3. The quantitative estimate of drug-likeness (QED) is 0.675. The van der Waals surface area contributed by atoms with Crippen LogP contribution in [0.1, 0.15) is 19.4 Å². The lowest BCUT2D eigenvalue weighted by molar-refractivity contribution is 0.222. The van der Waals surface area contributed by atoms with Crippen molar-refractivity contribution in [1.29, 1.82) is 0 Å². The van der Waals surface area contributed by atoms with Crippen LogP contribution in [0, 0.1) is 5.92 Å². The fourth-order valence-electron chi connectivity index (χ4n) is 1.71. The second-order valence-corrected chi connectivity index (χ2v) is 3.98. The molecule has 1 aliphatic rings. The van der Waals surface area contributed by atoms with Gasteiger partial charge in [0.05, 0.1) is 13.7 Å². The van der Waals surface area contributed by atoms with E-state index in [1.54, 1.807) is 13.2 Å². The van der Waals surface area contributed by atoms with Gasteiger partial charge in [0.25, 0.3) is 0 Å². The van der Waals surface area contributed by atoms with Crippen molar-refractivity contribution in [1.82, 2.24) is 0 Å². The van der Waals surface area contributed by atoms with E-state index >= 15 is 0 Å². The van der Waals surface area contributed by atoms with Crippen LogP contribution in [0.2, 0.25) is 0 Å². The monoisotopic (exact) mass is 220 g/mol. The molecule has 0 bridgehead atoms. The maximum atomic E-state index is 5.63. The fraction of sp³-hybridized carbons (Fsp3) is 0.429. The molecule has 1 aromatic rings. The molecule has 0 radical (unpaired) electrons. The van der Waals surface area contributed by atoms with Gasteiger partial charge in [0.15, 0.2) is 11.5 Å². The number of methoxy groups -OCH3 is 1. The summed E-state index contributed by atoms with van der Waals surface area (Å²) < 4.78 is 10.9. The smallest absolute Gasteiger partial charge is 0.164 e. The molecule has 0 N–H and O–H groups in total. The van der Waals surface area contributed by atoms with Crippen LogP contribution in [-0.4, -0.2) is 13.7 Å². The number of hydrogen-bond donors (Lipinski definition) is 0. The van der Waals surface area contributed by atoms with Gasteiger partial charge in [-0.05, 0) is 30.9 Å². The Morgan fingerprint density at radius 1 is 1.50 bits per heavy atom. The Morgan fingerprint density at radius 2 is 2.19 bits per heavy atom. The van der Waals surface area contributed by atoms with Crippen molar-refractivity contribution in [2.24, 2.45) is 5.92 Å². The van der Waals surface area contributed by atoms with E-state index in [0.29, 0.717) is 5.92 Å². The van der Waals surface area contributed by atoms with Gasteiger partial charge in [-0.25, -0.2) is 0 Å². The van der Waals surface area contributed by atoms with Crippen molar-refractivity contribution < 1.29 is 9.47 Å². The second-order valence-electron chi connectivity index (χ2n) is 3.98. The highest BCUT2D eigenvalue weighted by Gasteiger charge is 2.18. The first kappa shape index (κ1) is 12.6. The highest BCUT2D eigenvalue weighted by Crippen LogP contribution is 2.35. The highest BCUT2D eigenvalue weighted by molar-refractivity contribution is 5.47. The molecule has 88 valence electrons. The van der Waals surface area contributed by atoms with Crippen LogP contribution in [-0.2, 0) is 6.42 Å². The number of ether oxygens (including phenoxy) is 2. The molecule has 1 aromatic carbocycles. The lowest BCUT2D eigenvalue weighted by atomic mass is 9.98. The molecule has 0 saturated carbocycles. The standard InChI is InChI=1S/C11H14O2.C3H6/c1-8-6-9-4-3-5-10(12-2)11(9)13-7-8;1-3-2/h3-5,8H,6-7H2,1-2H3;3H,1H2,2H3. The van der Waals surface area contributed by atoms with E-state index in [4.69, 9.17) is 9.47 Å². The third-order valence-electron chi connectivity index (χ3n) is 2.36. The third kappa shape index (κ3) is 3.02. The lowest BCUT2D eigenvalue weighted by Gasteiger charge is -2.23. The van der Waals surface area contributed by atoms with Crippen molar-refractivity contribution in [2.75, 3.05) is 13.7 Å². The Bertz CT molecular complexity index is 345. The van der Waals surface area contributed by atoms with Crippen LogP contribution < -0.4 is 9.47 Å². The minimum Gasteiger partial charge on any atom is -0.493 e. The van der Waals surface area contributed by atoms with Crippen LogP contribution >= 0.6 is 0 Å². The van der Waals surface area contributed by atoms with Crippen LogP contribution in [0.3, 0.4) is 0 Å². The summed E-state index contributed by atoms with van der Waals surface area (Å²) in [6, 6.07) is 6.06. The Balaban J connectivity index is 0.000000386. The average Bonchev–Trinajstić information content (AvgIpc) is 2.28. The van der Waals surface area contributed by atoms with E-state index in [1.807, 2.05) is 19.1 Å². The molecule has 2 rings (SSSR count). The number of benzene rings is 1. The number of allylic oxidation sites excluding steroid dienone is 1. The Morgan fingerprint density at radius 3 is 2.81 bits per heavy atom. The number of rotatable bonds is 1. The van der Waals surface area contributed by atoms with E-state index in [1.165, 1.54) is 5.56 Å². The molecule has 1 heterocycles. The zero-order valence-corrected chi connectivity index (χ0v) is 10.3. The van der Waals surface area contributed by atoms with Crippen LogP contribution in [0.4, 0.5) is 0 Å². The van der Waals surface area contributed by atoms with Crippen LogP contribution in [0.25, 0.3) is 0 Å². The van der Waals surface area contributed by atoms with E-state index in [2.05, 4.69) is 19.6 Å². The SMILES string of the molecule is C=CC.COc1cccc2c1OCC(C)C2. The molecule has 1 unspecified atom stereocenters. The predicted octanol–water partition coefficient (Wildman–Crippen LogP) is 3.46. The molecular formula is C14H20O2. The highest BCUT2D eigenvalue weighted by atomic mass is 16.5. The van der Waals surface area contributed by atoms with Crippen LogP contribution in [0.5, 0.6) is 11.5 Å². The van der Waals surface area contributed by atoms with Gasteiger partial charge < -0.3 is 9.47 Å². The Labute approximate surface area is 97.9 Å². The molecule has 1 atom stereocenters. The average molecular weight is 220 g/mol. The van der Waals surface area contributed by atoms with Crippen molar-refractivity contribution in [2.45, 2.75) is 20.3 Å². The van der Waals surface area contributed by atoms with Crippen LogP contribution in [0.15, 0.2) is 30.9 Å². The summed E-state index contributed by atoms with van der Waals surface area (Å²) in [6.45, 7) is 8.25. The van der Waals surface area contributed by atoms with Gasteiger partial charge in [-0.2, -0.15) is 0 Å². The molecule has 2 nitrogen and oxygen atoms in total. The summed E-state index contributed by atoms with van der Waals surface area (Å²) in [4.78, 5) is 0. The van der Waals surface area contributed by atoms with Gasteiger partial charge in [0.2, 0.25) is 0 Å². The van der Waals surface area contributed by atoms with E-state index in [-0.39, 0.29) is 0 Å². The summed E-state index contributed by atoms with van der Waals surface area (Å²) in [7, 11) is 1.68. The number of hydrogen-bond acceptors (Lipinski definition) is 2. The van der Waals surface area contributed by atoms with Crippen molar-refractivity contribution >= 4 is 0 Å². The molecule has 0 amide bonds. The first-order valence-corrected chi connectivity index (χ1v) is 5.58.